The lowest BCUT2D eigenvalue weighted by Crippen LogP contribution is -1.82. The summed E-state index contributed by atoms with van der Waals surface area (Å²) in [5.74, 6) is 0. The van der Waals surface area contributed by atoms with Crippen LogP contribution in [0.4, 0.5) is 0 Å². The van der Waals surface area contributed by atoms with Crippen molar-refractivity contribution in [3.05, 3.63) is 34.4 Å². The van der Waals surface area contributed by atoms with Crippen molar-refractivity contribution >= 4 is 24.6 Å². The minimum atomic E-state index is -0.442. The monoisotopic (exact) mass is 187 g/mol. The Hall–Kier alpha value is -0.680. The molecule has 0 N–H and O–H groups in total. The standard InChI is InChI=1S/C6H5NO2S2/c8-7(9)11-6-3-1-2-5(10)4-6/h1-4,10H. The number of hydrogen-bond donors (Lipinski definition) is 1. The van der Waals surface area contributed by atoms with E-state index in [1.54, 1.807) is 24.3 Å². The van der Waals surface area contributed by atoms with E-state index in [-0.39, 0.29) is 0 Å². The fourth-order valence-corrected chi connectivity index (χ4v) is 1.43. The van der Waals surface area contributed by atoms with E-state index < -0.39 is 4.33 Å². The van der Waals surface area contributed by atoms with E-state index in [0.717, 1.165) is 4.90 Å². The van der Waals surface area contributed by atoms with Crippen LogP contribution in [0.15, 0.2) is 34.1 Å². The Labute approximate surface area is 73.5 Å². The van der Waals surface area contributed by atoms with Gasteiger partial charge in [0, 0.05) is 4.90 Å². The summed E-state index contributed by atoms with van der Waals surface area (Å²) >= 11 is 4.63. The van der Waals surface area contributed by atoms with Crippen molar-refractivity contribution in [2.45, 2.75) is 9.79 Å². The molecule has 0 aliphatic rings. The molecule has 0 aliphatic carbocycles. The van der Waals surface area contributed by atoms with Crippen molar-refractivity contribution in [3.8, 4) is 0 Å². The van der Waals surface area contributed by atoms with Gasteiger partial charge in [-0.15, -0.1) is 12.6 Å². The van der Waals surface area contributed by atoms with Gasteiger partial charge >= 0.3 is 0 Å². The highest BCUT2D eigenvalue weighted by Gasteiger charge is 2.03. The molecule has 0 spiro atoms. The third kappa shape index (κ3) is 2.81. The number of thiol groups is 1. The van der Waals surface area contributed by atoms with E-state index in [2.05, 4.69) is 12.6 Å². The van der Waals surface area contributed by atoms with Crippen molar-refractivity contribution in [2.75, 3.05) is 0 Å². The van der Waals surface area contributed by atoms with Gasteiger partial charge in [0.2, 0.25) is 0 Å². The van der Waals surface area contributed by atoms with Gasteiger partial charge in [-0.3, -0.25) is 10.1 Å². The molecule has 1 rings (SSSR count). The van der Waals surface area contributed by atoms with Crippen LogP contribution in [0.3, 0.4) is 0 Å². The maximum atomic E-state index is 10.0. The second kappa shape index (κ2) is 3.64. The third-order valence-electron chi connectivity index (χ3n) is 0.998. The Kier molecular flexibility index (Phi) is 2.78. The zero-order chi connectivity index (χ0) is 8.27. The average Bonchev–Trinajstić information content (AvgIpc) is 1.85. The van der Waals surface area contributed by atoms with Gasteiger partial charge in [-0.2, -0.15) is 0 Å². The summed E-state index contributed by atoms with van der Waals surface area (Å²) in [6.45, 7) is 0. The van der Waals surface area contributed by atoms with Crippen LogP contribution in [-0.4, -0.2) is 4.33 Å². The first-order valence-electron chi connectivity index (χ1n) is 2.80. The molecular formula is C6H5NO2S2. The highest BCUT2D eigenvalue weighted by atomic mass is 32.2. The first-order valence-corrected chi connectivity index (χ1v) is 4.02. The Morgan fingerprint density at radius 1 is 1.55 bits per heavy atom. The molecule has 0 bridgehead atoms. The van der Waals surface area contributed by atoms with Crippen molar-refractivity contribution < 1.29 is 4.33 Å². The first kappa shape index (κ1) is 8.42. The lowest BCUT2D eigenvalue weighted by atomic mass is 10.4. The van der Waals surface area contributed by atoms with Gasteiger partial charge in [-0.25, -0.2) is 0 Å². The second-order valence-corrected chi connectivity index (χ2v) is 3.28. The van der Waals surface area contributed by atoms with Gasteiger partial charge in [0.15, 0.2) is 0 Å². The highest BCUT2D eigenvalue weighted by molar-refractivity contribution is 7.93. The van der Waals surface area contributed by atoms with E-state index in [1.807, 2.05) is 0 Å². The summed E-state index contributed by atoms with van der Waals surface area (Å²) < 4.78 is -0.442. The minimum Gasteiger partial charge on any atom is -0.250 e. The summed E-state index contributed by atoms with van der Waals surface area (Å²) in [6, 6.07) is 6.82. The largest absolute Gasteiger partial charge is 0.265 e. The van der Waals surface area contributed by atoms with Gasteiger partial charge in [0.1, 0.15) is 4.33 Å². The molecule has 11 heavy (non-hydrogen) atoms. The quantitative estimate of drug-likeness (QED) is 0.334. The molecule has 1 aromatic rings. The molecule has 5 heteroatoms. The predicted octanol–water partition coefficient (Wildman–Crippen LogP) is 2.26. The molecule has 1 aromatic carbocycles. The summed E-state index contributed by atoms with van der Waals surface area (Å²) in [5.41, 5.74) is 0. The Morgan fingerprint density at radius 3 is 2.82 bits per heavy atom. The van der Waals surface area contributed by atoms with Crippen molar-refractivity contribution in [1.82, 2.24) is 0 Å². The normalized spacial score (nSPS) is 9.55. The van der Waals surface area contributed by atoms with Gasteiger partial charge in [0.05, 0.1) is 4.90 Å². The molecule has 0 aliphatic heterocycles. The van der Waals surface area contributed by atoms with E-state index in [0.29, 0.717) is 16.8 Å². The number of hydrogen-bond acceptors (Lipinski definition) is 4. The van der Waals surface area contributed by atoms with Crippen LogP contribution in [0.25, 0.3) is 0 Å². The molecule has 0 radical (unpaired) electrons. The molecule has 0 atom stereocenters. The van der Waals surface area contributed by atoms with E-state index in [9.17, 15) is 10.1 Å². The topological polar surface area (TPSA) is 43.1 Å². The fourth-order valence-electron chi connectivity index (χ4n) is 0.626. The molecule has 0 unspecified atom stereocenters. The van der Waals surface area contributed by atoms with Crippen LogP contribution in [0.5, 0.6) is 0 Å². The van der Waals surface area contributed by atoms with Crippen LogP contribution in [0, 0.1) is 10.1 Å². The Morgan fingerprint density at radius 2 is 2.27 bits per heavy atom. The van der Waals surface area contributed by atoms with E-state index >= 15 is 0 Å². The molecule has 0 saturated carbocycles. The average molecular weight is 187 g/mol. The van der Waals surface area contributed by atoms with Gasteiger partial charge in [-0.05, 0) is 18.2 Å². The molecule has 0 amide bonds. The molecular weight excluding hydrogens is 182 g/mol. The highest BCUT2D eigenvalue weighted by Crippen LogP contribution is 2.20. The zero-order valence-electron chi connectivity index (χ0n) is 5.43. The summed E-state index contributed by atoms with van der Waals surface area (Å²) in [7, 11) is 0. The SMILES string of the molecule is O=[N+]([O-])Sc1cccc(S)c1. The van der Waals surface area contributed by atoms with Gasteiger partial charge in [0.25, 0.3) is 11.9 Å². The van der Waals surface area contributed by atoms with Crippen LogP contribution in [0.1, 0.15) is 0 Å². The molecule has 0 fully saturated rings. The molecule has 3 nitrogen and oxygen atoms in total. The van der Waals surface area contributed by atoms with Crippen LogP contribution >= 0.6 is 24.6 Å². The van der Waals surface area contributed by atoms with E-state index in [4.69, 9.17) is 0 Å². The van der Waals surface area contributed by atoms with Crippen molar-refractivity contribution in [1.29, 1.82) is 0 Å². The molecule has 0 aromatic heterocycles. The maximum Gasteiger partial charge on any atom is 0.265 e. The molecule has 0 saturated heterocycles. The van der Waals surface area contributed by atoms with E-state index in [1.165, 1.54) is 0 Å². The number of rotatable bonds is 2. The van der Waals surface area contributed by atoms with Crippen LogP contribution in [0.2, 0.25) is 0 Å². The summed E-state index contributed by atoms with van der Waals surface area (Å²) in [6.07, 6.45) is 0. The lowest BCUT2D eigenvalue weighted by Gasteiger charge is -1.91. The van der Waals surface area contributed by atoms with Crippen LogP contribution < -0.4 is 0 Å². The Balaban J connectivity index is 2.79. The molecule has 58 valence electrons. The zero-order valence-corrected chi connectivity index (χ0v) is 7.14. The van der Waals surface area contributed by atoms with Crippen molar-refractivity contribution in [3.63, 3.8) is 0 Å². The summed E-state index contributed by atoms with van der Waals surface area (Å²) in [5, 5.41) is 10.0. The number of benzene rings is 1. The predicted molar refractivity (Wildman–Crippen MR) is 46.5 cm³/mol. The van der Waals surface area contributed by atoms with Gasteiger partial charge < -0.3 is 0 Å². The summed E-state index contributed by atoms with van der Waals surface area (Å²) in [4.78, 5) is 11.4. The minimum absolute atomic E-state index is 0.442. The van der Waals surface area contributed by atoms with Crippen molar-refractivity contribution in [2.24, 2.45) is 0 Å². The number of nitro groups is 1. The smallest absolute Gasteiger partial charge is 0.250 e. The fraction of sp³-hybridized carbons (Fsp3) is 0. The first-order chi connectivity index (χ1) is 5.18. The third-order valence-corrected chi connectivity index (χ3v) is 1.89. The lowest BCUT2D eigenvalue weighted by molar-refractivity contribution is -0.284. The second-order valence-electron chi connectivity index (χ2n) is 1.81. The Bertz CT molecular complexity index is 277. The maximum absolute atomic E-state index is 10.0. The number of nitrogens with zero attached hydrogens (tertiary/aromatic N) is 1. The van der Waals surface area contributed by atoms with Crippen LogP contribution in [-0.2, 0) is 0 Å². The van der Waals surface area contributed by atoms with Gasteiger partial charge in [-0.1, -0.05) is 6.07 Å². The molecule has 0 heterocycles.